The van der Waals surface area contributed by atoms with Crippen molar-refractivity contribution in [2.45, 2.75) is 39.8 Å². The molecule has 0 radical (unpaired) electrons. The minimum absolute atomic E-state index is 0.0237. The monoisotopic (exact) mass is 289 g/mol. The molecule has 1 rings (SSSR count). The van der Waals surface area contributed by atoms with Gasteiger partial charge in [-0.25, -0.2) is 8.42 Å². The van der Waals surface area contributed by atoms with Crippen LogP contribution in [0.5, 0.6) is 0 Å². The van der Waals surface area contributed by atoms with Gasteiger partial charge in [0, 0.05) is 22.7 Å². The Morgan fingerprint density at radius 3 is 2.44 bits per heavy atom. The predicted molar refractivity (Wildman–Crippen MR) is 78.8 cm³/mol. The first-order chi connectivity index (χ1) is 8.35. The molecule has 0 bridgehead atoms. The maximum Gasteiger partial charge on any atom is 0.151 e. The van der Waals surface area contributed by atoms with Crippen molar-refractivity contribution in [2.75, 3.05) is 11.5 Å². The van der Waals surface area contributed by atoms with E-state index in [2.05, 4.69) is 30.6 Å². The lowest BCUT2D eigenvalue weighted by Crippen LogP contribution is -2.38. The van der Waals surface area contributed by atoms with Gasteiger partial charge in [-0.2, -0.15) is 0 Å². The molecule has 1 aromatic rings. The molecule has 1 aromatic heterocycles. The second kappa shape index (κ2) is 6.68. The van der Waals surface area contributed by atoms with Crippen LogP contribution in [0.3, 0.4) is 0 Å². The van der Waals surface area contributed by atoms with E-state index in [9.17, 15) is 8.42 Å². The summed E-state index contributed by atoms with van der Waals surface area (Å²) in [5, 5.41) is 5.50. The molecule has 1 N–H and O–H groups in total. The van der Waals surface area contributed by atoms with Gasteiger partial charge in [0.25, 0.3) is 0 Å². The van der Waals surface area contributed by atoms with E-state index < -0.39 is 9.84 Å². The van der Waals surface area contributed by atoms with E-state index in [4.69, 9.17) is 0 Å². The molecule has 3 nitrogen and oxygen atoms in total. The third kappa shape index (κ3) is 4.71. The lowest BCUT2D eigenvalue weighted by Gasteiger charge is -2.25. The van der Waals surface area contributed by atoms with Gasteiger partial charge in [0.2, 0.25) is 0 Å². The average Bonchev–Trinajstić information content (AvgIpc) is 2.78. The van der Waals surface area contributed by atoms with E-state index >= 15 is 0 Å². The highest BCUT2D eigenvalue weighted by Crippen LogP contribution is 2.26. The van der Waals surface area contributed by atoms with Gasteiger partial charge in [-0.3, -0.25) is 0 Å². The predicted octanol–water partition coefficient (Wildman–Crippen LogP) is 2.86. The Bertz CT molecular complexity index is 438. The molecule has 0 fully saturated rings. The van der Waals surface area contributed by atoms with Crippen molar-refractivity contribution in [1.29, 1.82) is 0 Å². The Labute approximate surface area is 115 Å². The number of hydrogen-bond donors (Lipinski definition) is 1. The molecule has 0 aliphatic heterocycles. The summed E-state index contributed by atoms with van der Waals surface area (Å²) in [6.45, 7) is 7.94. The molecule has 5 heteroatoms. The summed E-state index contributed by atoms with van der Waals surface area (Å²) < 4.78 is 23.2. The summed E-state index contributed by atoms with van der Waals surface area (Å²) in [7, 11) is -2.92. The van der Waals surface area contributed by atoms with Crippen LogP contribution in [0.25, 0.3) is 0 Å². The van der Waals surface area contributed by atoms with E-state index in [1.54, 1.807) is 18.3 Å². The van der Waals surface area contributed by atoms with Crippen LogP contribution in [0, 0.1) is 5.92 Å². The fraction of sp³-hybridized carbons (Fsp3) is 0.692. The molecule has 104 valence electrons. The zero-order chi connectivity index (χ0) is 13.8. The van der Waals surface area contributed by atoms with Crippen LogP contribution in [-0.2, 0) is 9.84 Å². The second-order valence-electron chi connectivity index (χ2n) is 5.00. The minimum Gasteiger partial charge on any atom is -0.305 e. The first-order valence-corrected chi connectivity index (χ1v) is 9.05. The lowest BCUT2D eigenvalue weighted by molar-refractivity contribution is 0.386. The van der Waals surface area contributed by atoms with Crippen molar-refractivity contribution in [3.63, 3.8) is 0 Å². The summed E-state index contributed by atoms with van der Waals surface area (Å²) in [5.74, 6) is 0.859. The van der Waals surface area contributed by atoms with Gasteiger partial charge in [0.15, 0.2) is 9.84 Å². The van der Waals surface area contributed by atoms with Gasteiger partial charge >= 0.3 is 0 Å². The van der Waals surface area contributed by atoms with Gasteiger partial charge < -0.3 is 5.32 Å². The molecule has 0 aliphatic carbocycles. The summed E-state index contributed by atoms with van der Waals surface area (Å²) in [5.41, 5.74) is 0. The fourth-order valence-corrected chi connectivity index (χ4v) is 3.98. The van der Waals surface area contributed by atoms with E-state index in [0.29, 0.717) is 5.92 Å². The second-order valence-corrected chi connectivity index (χ2v) is 8.38. The highest BCUT2D eigenvalue weighted by molar-refractivity contribution is 7.91. The first-order valence-electron chi connectivity index (χ1n) is 6.35. The molecule has 0 aliphatic rings. The first kappa shape index (κ1) is 15.7. The third-order valence-corrected chi connectivity index (χ3v) is 5.77. The van der Waals surface area contributed by atoms with Crippen LogP contribution < -0.4 is 5.32 Å². The standard InChI is InChI=1S/C13H23NO2S2/c1-5-18(15,16)9-11(4)14-13(10(2)3)12-7-6-8-17-12/h6-8,10-11,13-14H,5,9H2,1-4H3. The summed E-state index contributed by atoms with van der Waals surface area (Å²) >= 11 is 1.71. The van der Waals surface area contributed by atoms with Crippen molar-refractivity contribution in [2.24, 2.45) is 5.92 Å². The summed E-state index contributed by atoms with van der Waals surface area (Å²) in [6, 6.07) is 4.34. The van der Waals surface area contributed by atoms with Gasteiger partial charge in [0.1, 0.15) is 0 Å². The molecular formula is C13H23NO2S2. The normalized spacial score (nSPS) is 15.8. The zero-order valence-electron chi connectivity index (χ0n) is 11.5. The van der Waals surface area contributed by atoms with Crippen molar-refractivity contribution in [3.8, 4) is 0 Å². The van der Waals surface area contributed by atoms with E-state index in [1.807, 2.05) is 13.0 Å². The van der Waals surface area contributed by atoms with Gasteiger partial charge in [0.05, 0.1) is 5.75 Å². The quantitative estimate of drug-likeness (QED) is 0.839. The van der Waals surface area contributed by atoms with Crippen LogP contribution in [0.15, 0.2) is 17.5 Å². The van der Waals surface area contributed by atoms with Crippen molar-refractivity contribution in [1.82, 2.24) is 5.32 Å². The fourth-order valence-electron chi connectivity index (χ4n) is 1.92. The number of rotatable bonds is 7. The molecule has 2 atom stereocenters. The molecule has 0 saturated carbocycles. The Hall–Kier alpha value is -0.390. The van der Waals surface area contributed by atoms with Crippen LogP contribution in [0.4, 0.5) is 0 Å². The van der Waals surface area contributed by atoms with Gasteiger partial charge in [-0.15, -0.1) is 11.3 Å². The van der Waals surface area contributed by atoms with Gasteiger partial charge in [-0.05, 0) is 24.3 Å². The van der Waals surface area contributed by atoms with E-state index in [1.165, 1.54) is 4.88 Å². The Balaban J connectivity index is 2.68. The molecule has 0 amide bonds. The molecule has 0 spiro atoms. The Morgan fingerprint density at radius 1 is 1.33 bits per heavy atom. The largest absolute Gasteiger partial charge is 0.305 e. The highest BCUT2D eigenvalue weighted by Gasteiger charge is 2.21. The van der Waals surface area contributed by atoms with Crippen LogP contribution in [0.1, 0.15) is 38.6 Å². The van der Waals surface area contributed by atoms with E-state index in [0.717, 1.165) is 0 Å². The van der Waals surface area contributed by atoms with Crippen LogP contribution in [0.2, 0.25) is 0 Å². The molecule has 0 saturated heterocycles. The Kier molecular flexibility index (Phi) is 5.82. The van der Waals surface area contributed by atoms with Crippen molar-refractivity contribution >= 4 is 21.2 Å². The maximum absolute atomic E-state index is 11.6. The average molecular weight is 289 g/mol. The maximum atomic E-state index is 11.6. The smallest absolute Gasteiger partial charge is 0.151 e. The summed E-state index contributed by atoms with van der Waals surface area (Å²) in [6.07, 6.45) is 0. The zero-order valence-corrected chi connectivity index (χ0v) is 13.1. The lowest BCUT2D eigenvalue weighted by atomic mass is 10.0. The Morgan fingerprint density at radius 2 is 2.00 bits per heavy atom. The molecular weight excluding hydrogens is 266 g/mol. The highest BCUT2D eigenvalue weighted by atomic mass is 32.2. The van der Waals surface area contributed by atoms with Crippen molar-refractivity contribution in [3.05, 3.63) is 22.4 Å². The number of sulfone groups is 1. The molecule has 1 heterocycles. The number of hydrogen-bond acceptors (Lipinski definition) is 4. The summed E-state index contributed by atoms with van der Waals surface area (Å²) in [4.78, 5) is 1.27. The molecule has 0 aromatic carbocycles. The van der Waals surface area contributed by atoms with Gasteiger partial charge in [-0.1, -0.05) is 26.8 Å². The topological polar surface area (TPSA) is 46.2 Å². The molecule has 2 unspecified atom stereocenters. The minimum atomic E-state index is -2.92. The van der Waals surface area contributed by atoms with Crippen LogP contribution in [-0.4, -0.2) is 26.0 Å². The number of nitrogens with one attached hydrogen (secondary N) is 1. The SMILES string of the molecule is CCS(=O)(=O)CC(C)NC(c1cccs1)C(C)C. The third-order valence-electron chi connectivity index (χ3n) is 2.92. The van der Waals surface area contributed by atoms with Crippen molar-refractivity contribution < 1.29 is 8.42 Å². The van der Waals surface area contributed by atoms with E-state index in [-0.39, 0.29) is 23.6 Å². The van der Waals surface area contributed by atoms with Crippen LogP contribution >= 0.6 is 11.3 Å². The molecule has 18 heavy (non-hydrogen) atoms. The number of thiophene rings is 1.